The quantitative estimate of drug-likeness (QED) is 0.496. The molecule has 1 aromatic heterocycles. The van der Waals surface area contributed by atoms with Gasteiger partial charge in [0, 0.05) is 33.8 Å². The van der Waals surface area contributed by atoms with E-state index in [0.717, 1.165) is 13.1 Å². The maximum absolute atomic E-state index is 10.9. The van der Waals surface area contributed by atoms with Gasteiger partial charge >= 0.3 is 5.69 Å². The molecule has 0 aromatic carbocycles. The van der Waals surface area contributed by atoms with Crippen molar-refractivity contribution in [3.05, 3.63) is 16.3 Å². The lowest BCUT2D eigenvalue weighted by Gasteiger charge is -2.16. The molecule has 0 saturated carbocycles. The molecule has 0 amide bonds. The molecule has 0 aliphatic rings. The Bertz CT molecular complexity index is 442. The van der Waals surface area contributed by atoms with Gasteiger partial charge in [0.15, 0.2) is 0 Å². The molecule has 0 saturated heterocycles. The fraction of sp³-hybridized carbons (Fsp3) is 0.636. The Balaban J connectivity index is 2.59. The van der Waals surface area contributed by atoms with E-state index in [9.17, 15) is 10.1 Å². The van der Waals surface area contributed by atoms with Crippen LogP contribution in [0.1, 0.15) is 0 Å². The topological polar surface area (TPSA) is 105 Å². The van der Waals surface area contributed by atoms with Gasteiger partial charge in [0.05, 0.1) is 11.5 Å². The Morgan fingerprint density at radius 1 is 1.50 bits per heavy atom. The zero-order valence-electron chi connectivity index (χ0n) is 11.9. The average molecular weight is 284 g/mol. The van der Waals surface area contributed by atoms with Crippen LogP contribution in [0.5, 0.6) is 0 Å². The third-order valence-electron chi connectivity index (χ3n) is 2.65. The van der Waals surface area contributed by atoms with Gasteiger partial charge in [-0.25, -0.2) is 4.98 Å². The number of aromatic nitrogens is 2. The molecule has 0 unspecified atom stereocenters. The van der Waals surface area contributed by atoms with Crippen molar-refractivity contribution in [2.45, 2.75) is 0 Å². The van der Waals surface area contributed by atoms with E-state index >= 15 is 0 Å². The van der Waals surface area contributed by atoms with Crippen molar-refractivity contribution in [1.29, 1.82) is 0 Å². The second kappa shape index (κ2) is 8.23. The van der Waals surface area contributed by atoms with Gasteiger partial charge in [-0.05, 0) is 7.05 Å². The van der Waals surface area contributed by atoms with E-state index in [-0.39, 0.29) is 11.5 Å². The SMILES string of the molecule is CNc1ncc([N+](=O)[O-])c(NCCN(C)CCOC)n1. The second-order valence-corrected chi connectivity index (χ2v) is 4.16. The van der Waals surface area contributed by atoms with Crippen LogP contribution in [-0.2, 0) is 4.74 Å². The lowest BCUT2D eigenvalue weighted by molar-refractivity contribution is -0.384. The molecule has 2 N–H and O–H groups in total. The maximum Gasteiger partial charge on any atom is 0.329 e. The van der Waals surface area contributed by atoms with Crippen LogP contribution in [0.2, 0.25) is 0 Å². The summed E-state index contributed by atoms with van der Waals surface area (Å²) in [6, 6.07) is 0. The number of likely N-dealkylation sites (N-methyl/N-ethyl adjacent to an activating group) is 1. The molecule has 0 aliphatic heterocycles. The van der Waals surface area contributed by atoms with Crippen LogP contribution in [0.25, 0.3) is 0 Å². The first-order chi connectivity index (χ1) is 9.58. The highest BCUT2D eigenvalue weighted by Gasteiger charge is 2.16. The summed E-state index contributed by atoms with van der Waals surface area (Å²) in [7, 11) is 5.26. The Labute approximate surface area is 117 Å². The molecule has 0 bridgehead atoms. The van der Waals surface area contributed by atoms with Crippen LogP contribution in [-0.4, -0.2) is 67.2 Å². The summed E-state index contributed by atoms with van der Waals surface area (Å²) in [4.78, 5) is 20.3. The molecule has 9 heteroatoms. The highest BCUT2D eigenvalue weighted by Crippen LogP contribution is 2.21. The van der Waals surface area contributed by atoms with E-state index in [0.29, 0.717) is 19.1 Å². The standard InChI is InChI=1S/C11H20N6O3/c1-12-11-14-8-9(17(18)19)10(15-11)13-4-5-16(2)6-7-20-3/h8H,4-7H2,1-3H3,(H2,12,13,14,15). The number of rotatable bonds is 9. The minimum Gasteiger partial charge on any atom is -0.383 e. The number of hydrogen-bond acceptors (Lipinski definition) is 8. The first-order valence-corrected chi connectivity index (χ1v) is 6.19. The Morgan fingerprint density at radius 2 is 2.25 bits per heavy atom. The molecule has 0 aliphatic carbocycles. The third-order valence-corrected chi connectivity index (χ3v) is 2.65. The zero-order valence-corrected chi connectivity index (χ0v) is 11.9. The second-order valence-electron chi connectivity index (χ2n) is 4.16. The summed E-state index contributed by atoms with van der Waals surface area (Å²) >= 11 is 0. The molecule has 0 spiro atoms. The van der Waals surface area contributed by atoms with Gasteiger partial charge in [-0.2, -0.15) is 4.98 Å². The van der Waals surface area contributed by atoms with Gasteiger partial charge in [-0.3, -0.25) is 10.1 Å². The van der Waals surface area contributed by atoms with Crippen molar-refractivity contribution < 1.29 is 9.66 Å². The van der Waals surface area contributed by atoms with Crippen LogP contribution >= 0.6 is 0 Å². The van der Waals surface area contributed by atoms with Crippen molar-refractivity contribution in [1.82, 2.24) is 14.9 Å². The van der Waals surface area contributed by atoms with Crippen LogP contribution in [0.4, 0.5) is 17.5 Å². The number of nitrogens with zero attached hydrogens (tertiary/aromatic N) is 4. The Morgan fingerprint density at radius 3 is 2.85 bits per heavy atom. The van der Waals surface area contributed by atoms with Gasteiger partial charge in [-0.1, -0.05) is 0 Å². The number of methoxy groups -OCH3 is 1. The van der Waals surface area contributed by atoms with Crippen LogP contribution in [0.3, 0.4) is 0 Å². The molecule has 0 radical (unpaired) electrons. The fourth-order valence-electron chi connectivity index (χ4n) is 1.48. The largest absolute Gasteiger partial charge is 0.383 e. The summed E-state index contributed by atoms with van der Waals surface area (Å²) in [5.41, 5.74) is -0.136. The molecule has 1 heterocycles. The number of anilines is 2. The summed E-state index contributed by atoms with van der Waals surface area (Å²) in [5.74, 6) is 0.556. The minimum atomic E-state index is -0.504. The van der Waals surface area contributed by atoms with E-state index < -0.39 is 4.92 Å². The van der Waals surface area contributed by atoms with Crippen LogP contribution in [0, 0.1) is 10.1 Å². The van der Waals surface area contributed by atoms with Crippen molar-refractivity contribution in [3.63, 3.8) is 0 Å². The highest BCUT2D eigenvalue weighted by atomic mass is 16.6. The van der Waals surface area contributed by atoms with Gasteiger partial charge in [0.25, 0.3) is 0 Å². The fourth-order valence-corrected chi connectivity index (χ4v) is 1.48. The zero-order chi connectivity index (χ0) is 15.0. The summed E-state index contributed by atoms with van der Waals surface area (Å²) in [6.07, 6.45) is 1.19. The van der Waals surface area contributed by atoms with Gasteiger partial charge in [-0.15, -0.1) is 0 Å². The van der Waals surface area contributed by atoms with Crippen molar-refractivity contribution in [2.75, 3.05) is 58.1 Å². The normalized spacial score (nSPS) is 10.6. The van der Waals surface area contributed by atoms with Crippen molar-refractivity contribution >= 4 is 17.5 Å². The first kappa shape index (κ1) is 16.1. The third kappa shape index (κ3) is 4.94. The molecule has 20 heavy (non-hydrogen) atoms. The predicted molar refractivity (Wildman–Crippen MR) is 76.1 cm³/mol. The van der Waals surface area contributed by atoms with E-state index in [4.69, 9.17) is 4.74 Å². The molecule has 0 atom stereocenters. The van der Waals surface area contributed by atoms with Crippen molar-refractivity contribution in [3.8, 4) is 0 Å². The Kier molecular flexibility index (Phi) is 6.60. The van der Waals surface area contributed by atoms with Crippen LogP contribution < -0.4 is 10.6 Å². The van der Waals surface area contributed by atoms with Gasteiger partial charge < -0.3 is 20.3 Å². The monoisotopic (exact) mass is 284 g/mol. The number of hydrogen-bond donors (Lipinski definition) is 2. The molecular weight excluding hydrogens is 264 g/mol. The minimum absolute atomic E-state index is 0.136. The van der Waals surface area contributed by atoms with Crippen LogP contribution in [0.15, 0.2) is 6.20 Å². The predicted octanol–water partition coefficient (Wildman–Crippen LogP) is 0.417. The maximum atomic E-state index is 10.9. The molecular formula is C11H20N6O3. The molecule has 112 valence electrons. The summed E-state index contributed by atoms with van der Waals surface area (Å²) < 4.78 is 4.98. The molecule has 1 rings (SSSR count). The smallest absolute Gasteiger partial charge is 0.329 e. The molecule has 0 fully saturated rings. The van der Waals surface area contributed by atoms with E-state index in [1.54, 1.807) is 14.2 Å². The lowest BCUT2D eigenvalue weighted by atomic mass is 10.4. The molecule has 1 aromatic rings. The average Bonchev–Trinajstić information content (AvgIpc) is 2.44. The first-order valence-electron chi connectivity index (χ1n) is 6.19. The summed E-state index contributed by atoms with van der Waals surface area (Å²) in [6.45, 7) is 2.71. The lowest BCUT2D eigenvalue weighted by Crippen LogP contribution is -2.28. The number of nitro groups is 1. The highest BCUT2D eigenvalue weighted by molar-refractivity contribution is 5.56. The van der Waals surface area contributed by atoms with E-state index in [1.165, 1.54) is 6.20 Å². The van der Waals surface area contributed by atoms with Gasteiger partial charge in [0.1, 0.15) is 6.20 Å². The number of ether oxygens (including phenoxy) is 1. The Hall–Kier alpha value is -2.00. The number of nitrogens with one attached hydrogen (secondary N) is 2. The van der Waals surface area contributed by atoms with Gasteiger partial charge in [0.2, 0.25) is 11.8 Å². The van der Waals surface area contributed by atoms with Crippen molar-refractivity contribution in [2.24, 2.45) is 0 Å². The van der Waals surface area contributed by atoms with E-state index in [1.807, 2.05) is 7.05 Å². The van der Waals surface area contributed by atoms with E-state index in [2.05, 4.69) is 25.5 Å². The summed E-state index contributed by atoms with van der Waals surface area (Å²) in [5, 5.41) is 16.6. The molecule has 9 nitrogen and oxygen atoms in total.